The molecule has 3 heterocycles. The fourth-order valence-electron chi connectivity index (χ4n) is 5.37. The van der Waals surface area contributed by atoms with Gasteiger partial charge in [-0.3, -0.25) is 9.80 Å². The Morgan fingerprint density at radius 3 is 2.57 bits per heavy atom. The summed E-state index contributed by atoms with van der Waals surface area (Å²) in [6.45, 7) is 6.81. The van der Waals surface area contributed by atoms with E-state index in [1.165, 1.54) is 6.07 Å². The number of fused-ring (bicyclic) bond motifs is 1. The number of nitrogens with zero attached hydrogens (tertiary/aromatic N) is 4. The zero-order valence-corrected chi connectivity index (χ0v) is 22.3. The molecule has 3 aliphatic rings. The highest BCUT2D eigenvalue weighted by Gasteiger charge is 2.43. The highest BCUT2D eigenvalue weighted by molar-refractivity contribution is 7.90. The number of carbonyl (C=O) groups excluding carboxylic acids is 1. The molecule has 1 aliphatic carbocycles. The van der Waals surface area contributed by atoms with Crippen LogP contribution in [-0.2, 0) is 27.8 Å². The molecule has 202 valence electrons. The molecule has 9 nitrogen and oxygen atoms in total. The summed E-state index contributed by atoms with van der Waals surface area (Å²) in [4.78, 5) is 16.8. The Labute approximate surface area is 215 Å². The molecular weight excluding hydrogens is 504 g/mol. The summed E-state index contributed by atoms with van der Waals surface area (Å²) in [5.41, 5.74) is 1.05. The molecule has 0 radical (unpaired) electrons. The topological polar surface area (TPSA) is 96.8 Å². The van der Waals surface area contributed by atoms with Crippen molar-refractivity contribution in [1.82, 2.24) is 24.3 Å². The number of likely N-dealkylation sites (N-methyl/N-ethyl adjacent to an activating group) is 1. The number of piperidine rings is 1. The van der Waals surface area contributed by atoms with Crippen molar-refractivity contribution < 1.29 is 26.7 Å². The number of amides is 1. The van der Waals surface area contributed by atoms with E-state index < -0.39 is 45.4 Å². The summed E-state index contributed by atoms with van der Waals surface area (Å²) >= 11 is 0. The minimum Gasteiger partial charge on any atom is -0.444 e. The Balaban J connectivity index is 1.36. The van der Waals surface area contributed by atoms with Crippen LogP contribution in [-0.4, -0.2) is 70.0 Å². The quantitative estimate of drug-likeness (QED) is 0.626. The molecule has 1 saturated carbocycles. The van der Waals surface area contributed by atoms with Crippen molar-refractivity contribution in [3.63, 3.8) is 0 Å². The van der Waals surface area contributed by atoms with Gasteiger partial charge < -0.3 is 10.1 Å². The van der Waals surface area contributed by atoms with Crippen LogP contribution in [0.25, 0.3) is 0 Å². The van der Waals surface area contributed by atoms with Crippen LogP contribution in [0.4, 0.5) is 13.6 Å². The first-order chi connectivity index (χ1) is 17.3. The van der Waals surface area contributed by atoms with Gasteiger partial charge in [0.15, 0.2) is 0 Å². The maximum atomic E-state index is 14.8. The van der Waals surface area contributed by atoms with Crippen LogP contribution in [0.1, 0.15) is 62.9 Å². The van der Waals surface area contributed by atoms with Gasteiger partial charge in [-0.05, 0) is 65.3 Å². The lowest BCUT2D eigenvalue weighted by Crippen LogP contribution is -2.57. The number of rotatable bonds is 5. The van der Waals surface area contributed by atoms with Crippen LogP contribution in [0.3, 0.4) is 0 Å². The third-order valence-corrected chi connectivity index (χ3v) is 9.19. The van der Waals surface area contributed by atoms with Gasteiger partial charge >= 0.3 is 6.09 Å². The summed E-state index contributed by atoms with van der Waals surface area (Å²) in [7, 11) is -1.60. The van der Waals surface area contributed by atoms with E-state index in [0.717, 1.165) is 27.5 Å². The van der Waals surface area contributed by atoms with Crippen molar-refractivity contribution in [2.75, 3.05) is 13.6 Å². The fourth-order valence-corrected chi connectivity index (χ4v) is 6.89. The normalized spacial score (nSPS) is 25.2. The lowest BCUT2D eigenvalue weighted by atomic mass is 9.87. The predicted octanol–water partition coefficient (Wildman–Crippen LogP) is 3.16. The van der Waals surface area contributed by atoms with Gasteiger partial charge in [-0.2, -0.15) is 9.19 Å². The Morgan fingerprint density at radius 2 is 1.92 bits per heavy atom. The molecular formula is C25H33F2N5O4S. The molecule has 1 saturated heterocycles. The first-order valence-corrected chi connectivity index (χ1v) is 14.0. The van der Waals surface area contributed by atoms with E-state index in [9.17, 15) is 22.0 Å². The Hall–Kier alpha value is -2.57. The Kier molecular flexibility index (Phi) is 6.56. The average molecular weight is 538 g/mol. The molecule has 2 fully saturated rings. The predicted molar refractivity (Wildman–Crippen MR) is 132 cm³/mol. The second-order valence-electron chi connectivity index (χ2n) is 11.3. The van der Waals surface area contributed by atoms with Crippen molar-refractivity contribution in [2.45, 2.75) is 82.1 Å². The molecule has 2 aliphatic heterocycles. The minimum absolute atomic E-state index is 0.0412. The summed E-state index contributed by atoms with van der Waals surface area (Å²) in [6.07, 6.45) is 2.80. The van der Waals surface area contributed by atoms with E-state index in [1.54, 1.807) is 27.0 Å². The molecule has 1 aromatic carbocycles. The number of benzene rings is 1. The Morgan fingerprint density at radius 1 is 1.19 bits per heavy atom. The molecule has 37 heavy (non-hydrogen) atoms. The average Bonchev–Trinajstić information content (AvgIpc) is 3.45. The van der Waals surface area contributed by atoms with Crippen molar-refractivity contribution in [1.29, 1.82) is 0 Å². The second kappa shape index (κ2) is 9.32. The van der Waals surface area contributed by atoms with E-state index in [1.807, 2.05) is 11.9 Å². The van der Waals surface area contributed by atoms with Crippen LogP contribution in [0.5, 0.6) is 0 Å². The van der Waals surface area contributed by atoms with E-state index >= 15 is 0 Å². The molecule has 12 heteroatoms. The van der Waals surface area contributed by atoms with Crippen LogP contribution in [0.15, 0.2) is 24.4 Å². The highest BCUT2D eigenvalue weighted by atomic mass is 32.2. The van der Waals surface area contributed by atoms with Crippen molar-refractivity contribution in [2.24, 2.45) is 0 Å². The lowest BCUT2D eigenvalue weighted by Gasteiger charge is -2.46. The largest absolute Gasteiger partial charge is 0.444 e. The van der Waals surface area contributed by atoms with Crippen molar-refractivity contribution in [3.8, 4) is 0 Å². The van der Waals surface area contributed by atoms with Crippen LogP contribution < -0.4 is 5.32 Å². The monoisotopic (exact) mass is 537 g/mol. The van der Waals surface area contributed by atoms with E-state index in [2.05, 4.69) is 15.3 Å². The van der Waals surface area contributed by atoms with Gasteiger partial charge in [0.1, 0.15) is 17.2 Å². The van der Waals surface area contributed by atoms with Crippen molar-refractivity contribution >= 4 is 16.1 Å². The molecule has 0 bridgehead atoms. The van der Waals surface area contributed by atoms with Gasteiger partial charge in [0, 0.05) is 43.0 Å². The number of aromatic nitrogens is 2. The number of hydrogen-bond donors (Lipinski definition) is 1. The maximum absolute atomic E-state index is 14.8. The fraction of sp³-hybridized carbons (Fsp3) is 0.600. The van der Waals surface area contributed by atoms with Gasteiger partial charge in [-0.15, -0.1) is 0 Å². The SMILES string of the molecule is CN1CC(N2Cc3cn(S(=O)(=O)C4CC4)nc3C2)CC(NC(=O)OC(C)(C)C)C1c1cc(F)ccc1F. The molecule has 3 unspecified atom stereocenters. The standard InChI is InChI=1S/C25H33F2N5O4S/c1-25(2,3)36-24(33)28-21-10-17(13-30(4)23(21)19-9-16(26)5-8-20(19)27)31-11-15-12-32(29-22(15)14-31)37(34,35)18-6-7-18/h5,8-9,12,17-18,21,23H,6-7,10-11,13-14H2,1-4H3,(H,28,33). The summed E-state index contributed by atoms with van der Waals surface area (Å²) < 4.78 is 60.6. The summed E-state index contributed by atoms with van der Waals surface area (Å²) in [6, 6.07) is 2.15. The lowest BCUT2D eigenvalue weighted by molar-refractivity contribution is 0.0257. The summed E-state index contributed by atoms with van der Waals surface area (Å²) in [5, 5.41) is 6.93. The number of carbonyl (C=O) groups is 1. The van der Waals surface area contributed by atoms with Gasteiger partial charge in [-0.1, -0.05) is 0 Å². The molecule has 1 N–H and O–H groups in total. The van der Waals surface area contributed by atoms with Crippen LogP contribution in [0, 0.1) is 11.6 Å². The first-order valence-electron chi connectivity index (χ1n) is 12.5. The number of alkyl carbamates (subject to hydrolysis) is 1. The summed E-state index contributed by atoms with van der Waals surface area (Å²) in [5.74, 6) is -1.09. The van der Waals surface area contributed by atoms with Gasteiger partial charge in [0.05, 0.1) is 23.0 Å². The number of halogens is 2. The smallest absolute Gasteiger partial charge is 0.407 e. The number of nitrogens with one attached hydrogen (secondary N) is 1. The first kappa shape index (κ1) is 26.1. The number of ether oxygens (including phenoxy) is 1. The molecule has 1 aromatic heterocycles. The van der Waals surface area contributed by atoms with E-state index in [0.29, 0.717) is 38.9 Å². The third-order valence-electron chi connectivity index (χ3n) is 7.16. The molecule has 1 amide bonds. The van der Waals surface area contributed by atoms with Gasteiger partial charge in [0.2, 0.25) is 0 Å². The highest BCUT2D eigenvalue weighted by Crippen LogP contribution is 2.37. The second-order valence-corrected chi connectivity index (χ2v) is 13.4. The maximum Gasteiger partial charge on any atom is 0.407 e. The Bertz CT molecular complexity index is 1280. The van der Waals surface area contributed by atoms with Gasteiger partial charge in [-0.25, -0.2) is 22.0 Å². The van der Waals surface area contributed by atoms with Crippen molar-refractivity contribution in [3.05, 3.63) is 52.9 Å². The number of likely N-dealkylation sites (tertiary alicyclic amines) is 1. The van der Waals surface area contributed by atoms with Crippen LogP contribution in [0.2, 0.25) is 0 Å². The zero-order valence-electron chi connectivity index (χ0n) is 21.4. The molecule has 0 spiro atoms. The minimum atomic E-state index is -3.43. The molecule has 5 rings (SSSR count). The zero-order chi connectivity index (χ0) is 26.7. The third kappa shape index (κ3) is 5.37. The van der Waals surface area contributed by atoms with Crippen LogP contribution >= 0.6 is 0 Å². The number of hydrogen-bond acceptors (Lipinski definition) is 7. The molecule has 3 atom stereocenters. The molecule has 2 aromatic rings. The van der Waals surface area contributed by atoms with Gasteiger partial charge in [0.25, 0.3) is 10.0 Å². The van der Waals surface area contributed by atoms with E-state index in [4.69, 9.17) is 4.74 Å². The van der Waals surface area contributed by atoms with E-state index in [-0.39, 0.29) is 16.9 Å².